The van der Waals surface area contributed by atoms with Gasteiger partial charge in [0.1, 0.15) is 0 Å². The van der Waals surface area contributed by atoms with Crippen LogP contribution in [0.25, 0.3) is 0 Å². The fourth-order valence-electron chi connectivity index (χ4n) is 2.79. The first kappa shape index (κ1) is 15.1. The van der Waals surface area contributed by atoms with Gasteiger partial charge in [0.2, 0.25) is 5.91 Å². The van der Waals surface area contributed by atoms with Crippen molar-refractivity contribution in [2.24, 2.45) is 0 Å². The lowest BCUT2D eigenvalue weighted by atomic mass is 10.0. The standard InChI is InChI=1S/C18H20N2OS/c1-12(14-6-5-7-15(10-14)20-13(2)21)19-17-11-22-18-9-4-3-8-16(17)18/h3-10,12,17,19H,11H2,1-2H3,(H,20,21)/t12-,17+/m1/s1. The predicted molar refractivity (Wildman–Crippen MR) is 92.2 cm³/mol. The van der Waals surface area contributed by atoms with Gasteiger partial charge in [-0.3, -0.25) is 4.79 Å². The SMILES string of the molecule is CC(=O)Nc1cccc([C@@H](C)N[C@H]2CSc3ccccc32)c1. The van der Waals surface area contributed by atoms with Gasteiger partial charge in [0, 0.05) is 35.3 Å². The van der Waals surface area contributed by atoms with Crippen LogP contribution in [-0.2, 0) is 4.79 Å². The molecule has 2 aromatic rings. The van der Waals surface area contributed by atoms with Crippen LogP contribution in [0, 0.1) is 0 Å². The van der Waals surface area contributed by atoms with Crippen molar-refractivity contribution < 1.29 is 4.79 Å². The van der Waals surface area contributed by atoms with Crippen molar-refractivity contribution in [2.75, 3.05) is 11.1 Å². The minimum Gasteiger partial charge on any atom is -0.326 e. The summed E-state index contributed by atoms with van der Waals surface area (Å²) in [5, 5.41) is 6.54. The average molecular weight is 312 g/mol. The summed E-state index contributed by atoms with van der Waals surface area (Å²) in [4.78, 5) is 12.6. The maximum Gasteiger partial charge on any atom is 0.221 e. The normalized spacial score (nSPS) is 17.8. The summed E-state index contributed by atoms with van der Waals surface area (Å²) in [6.07, 6.45) is 0. The molecule has 0 aromatic heterocycles. The molecule has 1 aliphatic heterocycles. The molecule has 0 saturated carbocycles. The van der Waals surface area contributed by atoms with E-state index in [4.69, 9.17) is 0 Å². The van der Waals surface area contributed by atoms with Crippen LogP contribution in [0.4, 0.5) is 5.69 Å². The van der Waals surface area contributed by atoms with Crippen molar-refractivity contribution in [1.82, 2.24) is 5.32 Å². The van der Waals surface area contributed by atoms with E-state index in [1.807, 2.05) is 30.0 Å². The number of thioether (sulfide) groups is 1. The molecule has 2 atom stereocenters. The number of nitrogens with one attached hydrogen (secondary N) is 2. The minimum absolute atomic E-state index is 0.0427. The predicted octanol–water partition coefficient (Wildman–Crippen LogP) is 4.14. The highest BCUT2D eigenvalue weighted by Crippen LogP contribution is 2.38. The van der Waals surface area contributed by atoms with Crippen LogP contribution in [0.2, 0.25) is 0 Å². The molecule has 0 saturated heterocycles. The topological polar surface area (TPSA) is 41.1 Å². The molecule has 3 rings (SSSR count). The molecule has 22 heavy (non-hydrogen) atoms. The smallest absolute Gasteiger partial charge is 0.221 e. The number of carbonyl (C=O) groups excluding carboxylic acids is 1. The molecule has 0 unspecified atom stereocenters. The van der Waals surface area contributed by atoms with E-state index in [0.717, 1.165) is 11.4 Å². The summed E-state index contributed by atoms with van der Waals surface area (Å²) in [7, 11) is 0. The van der Waals surface area contributed by atoms with Gasteiger partial charge in [0.25, 0.3) is 0 Å². The maximum absolute atomic E-state index is 11.2. The van der Waals surface area contributed by atoms with Crippen LogP contribution in [0.3, 0.4) is 0 Å². The highest BCUT2D eigenvalue weighted by Gasteiger charge is 2.24. The van der Waals surface area contributed by atoms with E-state index in [0.29, 0.717) is 6.04 Å². The molecule has 114 valence electrons. The third-order valence-corrected chi connectivity index (χ3v) is 5.04. The summed E-state index contributed by atoms with van der Waals surface area (Å²) in [6.45, 7) is 3.69. The minimum atomic E-state index is -0.0427. The number of benzene rings is 2. The lowest BCUT2D eigenvalue weighted by Crippen LogP contribution is -2.24. The molecule has 0 spiro atoms. The van der Waals surface area contributed by atoms with Gasteiger partial charge in [-0.1, -0.05) is 30.3 Å². The number of amides is 1. The second-order valence-electron chi connectivity index (χ2n) is 5.60. The molecule has 0 fully saturated rings. The summed E-state index contributed by atoms with van der Waals surface area (Å²) in [5.41, 5.74) is 3.41. The van der Waals surface area contributed by atoms with Gasteiger partial charge in [-0.25, -0.2) is 0 Å². The van der Waals surface area contributed by atoms with Crippen LogP contribution in [0.1, 0.15) is 37.1 Å². The fraction of sp³-hybridized carbons (Fsp3) is 0.278. The van der Waals surface area contributed by atoms with Crippen LogP contribution >= 0.6 is 11.8 Å². The molecule has 0 radical (unpaired) electrons. The van der Waals surface area contributed by atoms with Gasteiger partial charge in [0.15, 0.2) is 0 Å². The van der Waals surface area contributed by atoms with Gasteiger partial charge in [-0.2, -0.15) is 0 Å². The van der Waals surface area contributed by atoms with Crippen molar-refractivity contribution in [3.8, 4) is 0 Å². The van der Waals surface area contributed by atoms with E-state index in [2.05, 4.69) is 47.9 Å². The molecular weight excluding hydrogens is 292 g/mol. The summed E-state index contributed by atoms with van der Waals surface area (Å²) in [5.74, 6) is 1.02. The first-order valence-corrected chi connectivity index (χ1v) is 8.47. The molecule has 1 amide bonds. The second kappa shape index (κ2) is 6.55. The Morgan fingerprint density at radius 2 is 2.05 bits per heavy atom. The summed E-state index contributed by atoms with van der Waals surface area (Å²) in [6, 6.07) is 17.2. The lowest BCUT2D eigenvalue weighted by molar-refractivity contribution is -0.114. The zero-order chi connectivity index (χ0) is 15.5. The highest BCUT2D eigenvalue weighted by atomic mass is 32.2. The van der Waals surface area contributed by atoms with E-state index in [1.165, 1.54) is 22.9 Å². The molecule has 3 nitrogen and oxygen atoms in total. The molecule has 1 aliphatic rings. The first-order valence-electron chi connectivity index (χ1n) is 7.49. The molecular formula is C18H20N2OS. The number of anilines is 1. The summed E-state index contributed by atoms with van der Waals surface area (Å²) >= 11 is 1.91. The Bertz CT molecular complexity index is 686. The third kappa shape index (κ3) is 3.34. The van der Waals surface area contributed by atoms with Crippen molar-refractivity contribution in [3.05, 3.63) is 59.7 Å². The van der Waals surface area contributed by atoms with E-state index >= 15 is 0 Å². The van der Waals surface area contributed by atoms with Crippen LogP contribution < -0.4 is 10.6 Å². The van der Waals surface area contributed by atoms with Gasteiger partial charge in [-0.15, -0.1) is 11.8 Å². The third-order valence-electron chi connectivity index (χ3n) is 3.86. The number of rotatable bonds is 4. The van der Waals surface area contributed by atoms with Crippen molar-refractivity contribution in [2.45, 2.75) is 30.8 Å². The summed E-state index contributed by atoms with van der Waals surface area (Å²) < 4.78 is 0. The zero-order valence-corrected chi connectivity index (χ0v) is 13.6. The van der Waals surface area contributed by atoms with Crippen molar-refractivity contribution in [1.29, 1.82) is 0 Å². The van der Waals surface area contributed by atoms with Crippen molar-refractivity contribution in [3.63, 3.8) is 0 Å². The Hall–Kier alpha value is -1.78. The van der Waals surface area contributed by atoms with Crippen LogP contribution in [-0.4, -0.2) is 11.7 Å². The monoisotopic (exact) mass is 312 g/mol. The molecule has 2 N–H and O–H groups in total. The molecule has 1 heterocycles. The van der Waals surface area contributed by atoms with E-state index in [1.54, 1.807) is 0 Å². The van der Waals surface area contributed by atoms with Gasteiger partial charge < -0.3 is 10.6 Å². The number of hydrogen-bond acceptors (Lipinski definition) is 3. The quantitative estimate of drug-likeness (QED) is 0.891. The number of carbonyl (C=O) groups is 1. The zero-order valence-electron chi connectivity index (χ0n) is 12.8. The van der Waals surface area contributed by atoms with E-state index in [9.17, 15) is 4.79 Å². The molecule has 0 aliphatic carbocycles. The van der Waals surface area contributed by atoms with Gasteiger partial charge in [0.05, 0.1) is 0 Å². The maximum atomic E-state index is 11.2. The highest BCUT2D eigenvalue weighted by molar-refractivity contribution is 7.99. The van der Waals surface area contributed by atoms with Gasteiger partial charge >= 0.3 is 0 Å². The molecule has 0 bridgehead atoms. The Morgan fingerprint density at radius 3 is 2.86 bits per heavy atom. The Balaban J connectivity index is 1.73. The van der Waals surface area contributed by atoms with Crippen LogP contribution in [0.5, 0.6) is 0 Å². The molecule has 4 heteroatoms. The first-order chi connectivity index (χ1) is 10.6. The van der Waals surface area contributed by atoms with Crippen LogP contribution in [0.15, 0.2) is 53.4 Å². The van der Waals surface area contributed by atoms with Gasteiger partial charge in [-0.05, 0) is 36.2 Å². The number of fused-ring (bicyclic) bond motifs is 1. The lowest BCUT2D eigenvalue weighted by Gasteiger charge is -2.21. The number of hydrogen-bond donors (Lipinski definition) is 2. The fourth-order valence-corrected chi connectivity index (χ4v) is 3.96. The average Bonchev–Trinajstić information content (AvgIpc) is 2.90. The van der Waals surface area contributed by atoms with E-state index < -0.39 is 0 Å². The largest absolute Gasteiger partial charge is 0.326 e. The molecule has 2 aromatic carbocycles. The van der Waals surface area contributed by atoms with Crippen molar-refractivity contribution >= 4 is 23.4 Å². The van der Waals surface area contributed by atoms with E-state index in [-0.39, 0.29) is 11.9 Å². The Labute approximate surface area is 135 Å². The Kier molecular flexibility index (Phi) is 4.50. The second-order valence-corrected chi connectivity index (χ2v) is 6.66. The Morgan fingerprint density at radius 1 is 1.23 bits per heavy atom.